The first-order valence-electron chi connectivity index (χ1n) is 8.64. The van der Waals surface area contributed by atoms with Crippen LogP contribution in [0.4, 0.5) is 36.4 Å². The van der Waals surface area contributed by atoms with Crippen molar-refractivity contribution in [1.82, 2.24) is 4.90 Å². The van der Waals surface area contributed by atoms with Crippen molar-refractivity contribution >= 4 is 17.5 Å². The van der Waals surface area contributed by atoms with Crippen LogP contribution in [0.15, 0.2) is 42.5 Å². The molecule has 2 aromatic carbocycles. The summed E-state index contributed by atoms with van der Waals surface area (Å²) in [5.74, 6) is -5.19. The molecule has 0 aliphatic carbocycles. The second-order valence-electron chi connectivity index (χ2n) is 6.65. The van der Waals surface area contributed by atoms with E-state index in [4.69, 9.17) is 0 Å². The number of amides is 2. The average molecular weight is 450 g/mol. The molecule has 0 unspecified atom stereocenters. The molecule has 2 aromatic rings. The van der Waals surface area contributed by atoms with Gasteiger partial charge in [0.2, 0.25) is 5.91 Å². The number of rotatable bonds is 4. The normalized spacial score (nSPS) is 16.7. The van der Waals surface area contributed by atoms with Gasteiger partial charge in [-0.05, 0) is 17.7 Å². The molecule has 0 aromatic heterocycles. The number of nitrogens with one attached hydrogen (secondary N) is 1. The van der Waals surface area contributed by atoms with Crippen molar-refractivity contribution in [3.8, 4) is 5.75 Å². The van der Waals surface area contributed by atoms with Crippen LogP contribution in [0.2, 0.25) is 0 Å². The first-order valence-corrected chi connectivity index (χ1v) is 8.64. The second kappa shape index (κ2) is 8.08. The van der Waals surface area contributed by atoms with Crippen LogP contribution in [-0.4, -0.2) is 42.3 Å². The van der Waals surface area contributed by atoms with E-state index in [1.807, 2.05) is 0 Å². The van der Waals surface area contributed by atoms with Crippen molar-refractivity contribution in [2.24, 2.45) is 0 Å². The van der Waals surface area contributed by atoms with E-state index in [0.29, 0.717) is 23.1 Å². The predicted octanol–water partition coefficient (Wildman–Crippen LogP) is 4.46. The number of halogens is 7. The van der Waals surface area contributed by atoms with Crippen molar-refractivity contribution in [3.63, 3.8) is 0 Å². The van der Waals surface area contributed by atoms with Gasteiger partial charge in [0.25, 0.3) is 5.91 Å². The molecule has 0 radical (unpaired) electrons. The van der Waals surface area contributed by atoms with Crippen LogP contribution < -0.4 is 10.1 Å². The number of carbonyl (C=O) groups is 2. The molecule has 1 atom stereocenters. The molecule has 5 nitrogen and oxygen atoms in total. The van der Waals surface area contributed by atoms with Gasteiger partial charge in [-0.2, -0.15) is 13.2 Å². The Hall–Kier alpha value is -3.31. The van der Waals surface area contributed by atoms with Gasteiger partial charge in [0.1, 0.15) is 18.1 Å². The van der Waals surface area contributed by atoms with Crippen LogP contribution in [0, 0.1) is 5.82 Å². The maximum Gasteiger partial charge on any atom is 0.573 e. The van der Waals surface area contributed by atoms with Crippen LogP contribution >= 0.6 is 0 Å². The molecule has 0 spiro atoms. The summed E-state index contributed by atoms with van der Waals surface area (Å²) in [5, 5.41) is 2.17. The highest BCUT2D eigenvalue weighted by molar-refractivity contribution is 6.03. The first-order chi connectivity index (χ1) is 14.3. The zero-order chi connectivity index (χ0) is 23.0. The Bertz CT molecular complexity index is 1000. The lowest BCUT2D eigenvalue weighted by Crippen LogP contribution is -2.47. The zero-order valence-corrected chi connectivity index (χ0v) is 15.4. The third kappa shape index (κ3) is 5.64. The third-order valence-corrected chi connectivity index (χ3v) is 4.32. The highest BCUT2D eigenvalue weighted by Crippen LogP contribution is 2.32. The molecule has 0 fully saturated rings. The number of carbonyl (C=O) groups excluding carboxylic acids is 2. The van der Waals surface area contributed by atoms with Gasteiger partial charge in [-0.15, -0.1) is 13.2 Å². The van der Waals surface area contributed by atoms with E-state index in [1.54, 1.807) is 0 Å². The van der Waals surface area contributed by atoms with Crippen molar-refractivity contribution in [2.45, 2.75) is 18.5 Å². The van der Waals surface area contributed by atoms with Crippen molar-refractivity contribution < 1.29 is 45.1 Å². The molecule has 1 heterocycles. The molecule has 1 N–H and O–H groups in total. The van der Waals surface area contributed by atoms with Gasteiger partial charge < -0.3 is 15.0 Å². The van der Waals surface area contributed by atoms with Crippen LogP contribution in [0.25, 0.3) is 0 Å². The molecule has 1 aliphatic rings. The van der Waals surface area contributed by atoms with Gasteiger partial charge in [-0.25, -0.2) is 4.39 Å². The Morgan fingerprint density at radius 3 is 2.42 bits per heavy atom. The van der Waals surface area contributed by atoms with Crippen molar-refractivity contribution in [3.05, 3.63) is 59.4 Å². The fraction of sp³-hybridized carbons (Fsp3) is 0.263. The van der Waals surface area contributed by atoms with Crippen LogP contribution in [0.5, 0.6) is 5.75 Å². The van der Waals surface area contributed by atoms with E-state index in [-0.39, 0.29) is 11.1 Å². The average Bonchev–Trinajstić information content (AvgIpc) is 2.61. The Kier molecular flexibility index (Phi) is 5.83. The highest BCUT2D eigenvalue weighted by Gasteiger charge is 2.40. The van der Waals surface area contributed by atoms with Crippen LogP contribution in [0.3, 0.4) is 0 Å². The summed E-state index contributed by atoms with van der Waals surface area (Å²) < 4.78 is 93.0. The number of hydrogen-bond donors (Lipinski definition) is 1. The number of fused-ring (bicyclic) bond motifs is 1. The Balaban J connectivity index is 1.88. The second-order valence-corrected chi connectivity index (χ2v) is 6.65. The molecular weight excluding hydrogens is 437 g/mol. The van der Waals surface area contributed by atoms with Gasteiger partial charge in [0.15, 0.2) is 0 Å². The first kappa shape index (κ1) is 22.4. The van der Waals surface area contributed by atoms with Gasteiger partial charge in [-0.3, -0.25) is 9.59 Å². The summed E-state index contributed by atoms with van der Waals surface area (Å²) in [6.07, 6.45) is -9.81. The minimum atomic E-state index is -5.10. The molecule has 1 aliphatic heterocycles. The molecule has 3 rings (SSSR count). The summed E-state index contributed by atoms with van der Waals surface area (Å²) in [7, 11) is 0. The predicted molar refractivity (Wildman–Crippen MR) is 92.9 cm³/mol. The molecule has 0 bridgehead atoms. The summed E-state index contributed by atoms with van der Waals surface area (Å²) in [4.78, 5) is 25.6. The van der Waals surface area contributed by atoms with Crippen molar-refractivity contribution in [1.29, 1.82) is 0 Å². The highest BCUT2D eigenvalue weighted by atomic mass is 19.4. The number of benzene rings is 2. The number of ether oxygens (including phenoxy) is 1. The Labute approximate surface area is 170 Å². The van der Waals surface area contributed by atoms with Gasteiger partial charge in [0.05, 0.1) is 5.92 Å². The largest absolute Gasteiger partial charge is 0.573 e. The van der Waals surface area contributed by atoms with Crippen LogP contribution in [-0.2, 0) is 4.79 Å². The van der Waals surface area contributed by atoms with Gasteiger partial charge in [-0.1, -0.05) is 18.2 Å². The zero-order valence-electron chi connectivity index (χ0n) is 15.4. The molecule has 0 saturated carbocycles. The molecule has 12 heteroatoms. The van der Waals surface area contributed by atoms with E-state index >= 15 is 0 Å². The smallest absolute Gasteiger partial charge is 0.406 e. The number of hydrogen-bond acceptors (Lipinski definition) is 3. The lowest BCUT2D eigenvalue weighted by atomic mass is 9.88. The molecule has 2 amide bonds. The lowest BCUT2D eigenvalue weighted by Gasteiger charge is -2.34. The summed E-state index contributed by atoms with van der Waals surface area (Å²) in [5.41, 5.74) is -0.369. The third-order valence-electron chi connectivity index (χ3n) is 4.32. The van der Waals surface area contributed by atoms with E-state index in [9.17, 15) is 40.3 Å². The fourth-order valence-corrected chi connectivity index (χ4v) is 3.20. The number of nitrogens with zero attached hydrogens (tertiary/aromatic N) is 1. The minimum Gasteiger partial charge on any atom is -0.406 e. The standard InChI is InChI=1S/C19H13F7N2O3/c20-10-5-11(7-12(6-10)31-19(24,25)26)27-16(29)15-8-28(9-18(21,22)23)17(30)14-4-2-1-3-13(14)15/h1-7,15H,8-9H2,(H,27,29)/t15-/m0/s1. The lowest BCUT2D eigenvalue weighted by molar-refractivity contribution is -0.274. The Morgan fingerprint density at radius 2 is 1.77 bits per heavy atom. The SMILES string of the molecule is O=C(Nc1cc(F)cc(OC(F)(F)F)c1)[C@H]1CN(CC(F)(F)F)C(=O)c2ccccc21. The summed E-state index contributed by atoms with van der Waals surface area (Å²) >= 11 is 0. The monoisotopic (exact) mass is 450 g/mol. The quantitative estimate of drug-likeness (QED) is 0.700. The molecular formula is C19H13F7N2O3. The van der Waals surface area contributed by atoms with Gasteiger partial charge in [0, 0.05) is 29.9 Å². The topological polar surface area (TPSA) is 58.6 Å². The molecule has 166 valence electrons. The van der Waals surface area contributed by atoms with E-state index in [0.717, 1.165) is 0 Å². The molecule has 31 heavy (non-hydrogen) atoms. The van der Waals surface area contributed by atoms with E-state index < -0.39 is 60.6 Å². The Morgan fingerprint density at radius 1 is 1.10 bits per heavy atom. The van der Waals surface area contributed by atoms with Gasteiger partial charge >= 0.3 is 12.5 Å². The van der Waals surface area contributed by atoms with E-state index in [1.165, 1.54) is 24.3 Å². The van der Waals surface area contributed by atoms with Crippen molar-refractivity contribution in [2.75, 3.05) is 18.4 Å². The minimum absolute atomic E-state index is 0.113. The van der Waals surface area contributed by atoms with E-state index in [2.05, 4.69) is 10.1 Å². The molecule has 0 saturated heterocycles. The number of alkyl halides is 6. The van der Waals surface area contributed by atoms with Crippen LogP contribution in [0.1, 0.15) is 21.8 Å². The maximum absolute atomic E-state index is 13.7. The number of anilines is 1. The summed E-state index contributed by atoms with van der Waals surface area (Å²) in [6, 6.07) is 7.41. The maximum atomic E-state index is 13.7. The fourth-order valence-electron chi connectivity index (χ4n) is 3.20. The summed E-state index contributed by atoms with van der Waals surface area (Å²) in [6.45, 7) is -2.21.